The molecule has 0 bridgehead atoms. The Morgan fingerprint density at radius 1 is 0.541 bits per heavy atom. The molecular formula is C33H66O3S. The molecular weight excluding hydrogens is 476 g/mol. The highest BCUT2D eigenvalue weighted by molar-refractivity contribution is 7.80. The molecule has 222 valence electrons. The maximum Gasteiger partial charge on any atom is 0.162 e. The van der Waals surface area contributed by atoms with Crippen LogP contribution in [-0.2, 0) is 4.74 Å². The Balaban J connectivity index is 3.93. The number of ether oxygens (including phenoxy) is 1. The summed E-state index contributed by atoms with van der Waals surface area (Å²) < 4.78 is 5.69. The zero-order valence-corrected chi connectivity index (χ0v) is 26.0. The molecule has 1 unspecified atom stereocenters. The Morgan fingerprint density at radius 2 is 0.838 bits per heavy atom. The molecule has 0 fully saturated rings. The molecule has 0 aromatic carbocycles. The van der Waals surface area contributed by atoms with E-state index in [1.54, 1.807) is 0 Å². The van der Waals surface area contributed by atoms with E-state index in [1.165, 1.54) is 154 Å². The van der Waals surface area contributed by atoms with Crippen LogP contribution in [0, 0.1) is 5.92 Å². The molecule has 1 atom stereocenters. The predicted molar refractivity (Wildman–Crippen MR) is 167 cm³/mol. The second-order valence-corrected chi connectivity index (χ2v) is 11.9. The van der Waals surface area contributed by atoms with Gasteiger partial charge < -0.3 is 14.9 Å². The van der Waals surface area contributed by atoms with Crippen LogP contribution in [0.1, 0.15) is 181 Å². The third-order valence-electron chi connectivity index (χ3n) is 7.77. The summed E-state index contributed by atoms with van der Waals surface area (Å²) in [4.78, 5) is 0. The molecule has 4 heteroatoms. The van der Waals surface area contributed by atoms with E-state index in [2.05, 4.69) is 13.8 Å². The lowest BCUT2D eigenvalue weighted by Gasteiger charge is -2.20. The van der Waals surface area contributed by atoms with Crippen molar-refractivity contribution in [1.82, 2.24) is 0 Å². The van der Waals surface area contributed by atoms with Gasteiger partial charge >= 0.3 is 0 Å². The minimum Gasteiger partial charge on any atom is -0.484 e. The second kappa shape index (κ2) is 30.4. The Kier molecular flexibility index (Phi) is 30.2. The fourth-order valence-corrected chi connectivity index (χ4v) is 5.50. The minimum absolute atomic E-state index is 0.114. The second-order valence-electron chi connectivity index (χ2n) is 11.5. The van der Waals surface area contributed by atoms with Gasteiger partial charge in [0.1, 0.15) is 12.7 Å². The van der Waals surface area contributed by atoms with Gasteiger partial charge in [-0.2, -0.15) is 0 Å². The van der Waals surface area contributed by atoms with Crippen LogP contribution in [0.15, 0.2) is 0 Å². The number of hydrogen-bond donors (Lipinski definition) is 2. The van der Waals surface area contributed by atoms with Gasteiger partial charge in [-0.05, 0) is 25.1 Å². The van der Waals surface area contributed by atoms with Crippen molar-refractivity contribution in [2.24, 2.45) is 5.92 Å². The van der Waals surface area contributed by atoms with Crippen molar-refractivity contribution < 1.29 is 14.9 Å². The maximum absolute atomic E-state index is 9.63. The van der Waals surface area contributed by atoms with Crippen LogP contribution in [0.2, 0.25) is 0 Å². The van der Waals surface area contributed by atoms with E-state index in [9.17, 15) is 5.11 Å². The Morgan fingerprint density at radius 3 is 1.14 bits per heavy atom. The van der Waals surface area contributed by atoms with Gasteiger partial charge in [-0.3, -0.25) is 0 Å². The molecule has 37 heavy (non-hydrogen) atoms. The number of aliphatic hydroxyl groups excluding tert-OH is 2. The van der Waals surface area contributed by atoms with Gasteiger partial charge in [0.15, 0.2) is 5.05 Å². The van der Waals surface area contributed by atoms with Crippen molar-refractivity contribution in [2.75, 3.05) is 13.2 Å². The molecule has 0 aromatic heterocycles. The summed E-state index contributed by atoms with van der Waals surface area (Å²) in [7, 11) is 0. The van der Waals surface area contributed by atoms with Gasteiger partial charge in [-0.15, -0.1) is 0 Å². The van der Waals surface area contributed by atoms with Gasteiger partial charge in [-0.25, -0.2) is 0 Å². The predicted octanol–water partition coefficient (Wildman–Crippen LogP) is 10.5. The summed E-state index contributed by atoms with van der Waals surface area (Å²) in [5.74, 6) is 0.312. The first kappa shape index (κ1) is 36.8. The molecule has 0 spiro atoms. The molecule has 0 aliphatic rings. The van der Waals surface area contributed by atoms with E-state index in [1.807, 2.05) is 0 Å². The zero-order valence-electron chi connectivity index (χ0n) is 25.2. The number of aliphatic hydroxyl groups is 2. The molecule has 2 N–H and O–H groups in total. The van der Waals surface area contributed by atoms with E-state index in [4.69, 9.17) is 22.1 Å². The number of unbranched alkanes of at least 4 members (excludes halogenated alkanes) is 22. The number of thiocarbonyl (C=S) groups is 1. The Labute approximate surface area is 237 Å². The summed E-state index contributed by atoms with van der Waals surface area (Å²) in [6.45, 7) is 4.40. The van der Waals surface area contributed by atoms with Crippen LogP contribution in [0.25, 0.3) is 0 Å². The quantitative estimate of drug-likeness (QED) is 0.0700. The normalized spacial score (nSPS) is 12.4. The van der Waals surface area contributed by atoms with Crippen LogP contribution in [0.5, 0.6) is 0 Å². The van der Waals surface area contributed by atoms with Gasteiger partial charge in [0, 0.05) is 5.92 Å². The van der Waals surface area contributed by atoms with Crippen LogP contribution in [0.3, 0.4) is 0 Å². The standard InChI is InChI=1S/C33H66O3S/c1-3-5-7-9-11-13-15-17-19-21-23-25-27-31(33(37)36-30-32(35)29-34)28-26-24-22-20-18-16-14-12-10-8-6-4-2/h31-32,34-35H,3-30H2,1-2H3. The van der Waals surface area contributed by atoms with Gasteiger partial charge in [0.2, 0.25) is 0 Å². The first-order valence-electron chi connectivity index (χ1n) is 16.6. The highest BCUT2D eigenvalue weighted by Crippen LogP contribution is 2.22. The van der Waals surface area contributed by atoms with Crippen molar-refractivity contribution in [1.29, 1.82) is 0 Å². The van der Waals surface area contributed by atoms with Crippen molar-refractivity contribution in [3.63, 3.8) is 0 Å². The van der Waals surface area contributed by atoms with E-state index in [0.717, 1.165) is 12.8 Å². The highest BCUT2D eigenvalue weighted by atomic mass is 32.1. The molecule has 3 nitrogen and oxygen atoms in total. The fourth-order valence-electron chi connectivity index (χ4n) is 5.19. The van der Waals surface area contributed by atoms with E-state index in [-0.39, 0.29) is 13.2 Å². The molecule has 0 saturated carbocycles. The first-order valence-corrected chi connectivity index (χ1v) is 17.0. The third-order valence-corrected chi connectivity index (χ3v) is 8.23. The van der Waals surface area contributed by atoms with Gasteiger partial charge in [-0.1, -0.05) is 168 Å². The van der Waals surface area contributed by atoms with Gasteiger partial charge in [0.05, 0.1) is 6.61 Å². The van der Waals surface area contributed by atoms with Crippen molar-refractivity contribution in [2.45, 2.75) is 187 Å². The largest absolute Gasteiger partial charge is 0.484 e. The Bertz CT molecular complexity index is 429. The lowest BCUT2D eigenvalue weighted by Crippen LogP contribution is -2.24. The fraction of sp³-hybridized carbons (Fsp3) is 0.970. The zero-order chi connectivity index (χ0) is 27.2. The molecule has 0 saturated heterocycles. The van der Waals surface area contributed by atoms with Crippen LogP contribution >= 0.6 is 12.2 Å². The molecule has 0 aliphatic carbocycles. The van der Waals surface area contributed by atoms with Crippen molar-refractivity contribution in [3.05, 3.63) is 0 Å². The summed E-state index contributed by atoms with van der Waals surface area (Å²) >= 11 is 5.60. The molecule has 0 radical (unpaired) electrons. The number of rotatable bonds is 30. The lowest BCUT2D eigenvalue weighted by atomic mass is 9.94. The van der Waals surface area contributed by atoms with Crippen LogP contribution < -0.4 is 0 Å². The Hall–Kier alpha value is -0.190. The van der Waals surface area contributed by atoms with Crippen molar-refractivity contribution in [3.8, 4) is 0 Å². The molecule has 0 heterocycles. The van der Waals surface area contributed by atoms with E-state index >= 15 is 0 Å². The topological polar surface area (TPSA) is 49.7 Å². The molecule has 0 aliphatic heterocycles. The minimum atomic E-state index is -0.836. The smallest absolute Gasteiger partial charge is 0.162 e. The maximum atomic E-state index is 9.63. The van der Waals surface area contributed by atoms with Gasteiger partial charge in [0.25, 0.3) is 0 Å². The lowest BCUT2D eigenvalue weighted by molar-refractivity contribution is 0.0481. The molecule has 0 rings (SSSR count). The highest BCUT2D eigenvalue weighted by Gasteiger charge is 2.17. The van der Waals surface area contributed by atoms with E-state index in [0.29, 0.717) is 11.0 Å². The summed E-state index contributed by atoms with van der Waals surface area (Å²) in [5.41, 5.74) is 0. The summed E-state index contributed by atoms with van der Waals surface area (Å²) in [6, 6.07) is 0. The number of hydrogen-bond acceptors (Lipinski definition) is 4. The first-order chi connectivity index (χ1) is 18.2. The molecule has 0 aromatic rings. The summed E-state index contributed by atoms with van der Waals surface area (Å²) in [6.07, 6.45) is 34.1. The van der Waals surface area contributed by atoms with Crippen LogP contribution in [0.4, 0.5) is 0 Å². The van der Waals surface area contributed by atoms with Crippen LogP contribution in [-0.4, -0.2) is 34.6 Å². The SMILES string of the molecule is CCCCCCCCCCCCCCC(CCCCCCCCCCCCCC)C(=S)OCC(O)CO. The van der Waals surface area contributed by atoms with E-state index < -0.39 is 6.10 Å². The average molecular weight is 543 g/mol. The third kappa shape index (κ3) is 27.2. The molecule has 0 amide bonds. The average Bonchev–Trinajstić information content (AvgIpc) is 2.91. The monoisotopic (exact) mass is 542 g/mol. The summed E-state index contributed by atoms with van der Waals surface area (Å²) in [5, 5.41) is 19.3. The van der Waals surface area contributed by atoms with Crippen molar-refractivity contribution >= 4 is 17.3 Å².